The number of aliphatic hydroxyl groups is 1. The van der Waals surface area contributed by atoms with Crippen LogP contribution in [-0.2, 0) is 6.42 Å². The summed E-state index contributed by atoms with van der Waals surface area (Å²) in [6, 6.07) is 13.7. The summed E-state index contributed by atoms with van der Waals surface area (Å²) in [6.45, 7) is 3.56. The van der Waals surface area contributed by atoms with E-state index in [-0.39, 0.29) is 49.0 Å². The molecule has 0 spiro atoms. The zero-order valence-corrected chi connectivity index (χ0v) is 18.6. The van der Waals surface area contributed by atoms with Crippen LogP contribution in [0, 0.1) is 5.82 Å². The molecule has 3 rings (SSSR count). The van der Waals surface area contributed by atoms with Gasteiger partial charge in [-0.1, -0.05) is 18.2 Å². The van der Waals surface area contributed by atoms with Crippen LogP contribution in [0.1, 0.15) is 12.5 Å². The van der Waals surface area contributed by atoms with Gasteiger partial charge in [0.2, 0.25) is 0 Å². The van der Waals surface area contributed by atoms with Crippen LogP contribution in [0.2, 0.25) is 0 Å². The molecular weight excluding hydrogens is 488 g/mol. The van der Waals surface area contributed by atoms with Gasteiger partial charge in [0.1, 0.15) is 36.1 Å². The molecule has 0 saturated heterocycles. The van der Waals surface area contributed by atoms with Crippen molar-refractivity contribution in [1.82, 2.24) is 10.6 Å². The van der Waals surface area contributed by atoms with E-state index in [0.717, 1.165) is 12.2 Å². The lowest BCUT2D eigenvalue weighted by Crippen LogP contribution is -2.42. The quantitative estimate of drug-likeness (QED) is 0.287. The van der Waals surface area contributed by atoms with Crippen molar-refractivity contribution in [2.24, 2.45) is 4.99 Å². The van der Waals surface area contributed by atoms with Gasteiger partial charge < -0.3 is 25.2 Å². The predicted octanol–water partition coefficient (Wildman–Crippen LogP) is 2.74. The molecular formula is C21H27FIN3O3. The Labute approximate surface area is 187 Å². The van der Waals surface area contributed by atoms with Crippen molar-refractivity contribution in [1.29, 1.82) is 0 Å². The number of para-hydroxylation sites is 1. The van der Waals surface area contributed by atoms with Gasteiger partial charge in [0, 0.05) is 13.0 Å². The maximum absolute atomic E-state index is 12.9. The number of fused-ring (bicyclic) bond motifs is 1. The van der Waals surface area contributed by atoms with E-state index in [2.05, 4.69) is 21.7 Å². The Hall–Kier alpha value is -2.07. The minimum absolute atomic E-state index is 0. The summed E-state index contributed by atoms with van der Waals surface area (Å²) in [6.07, 6.45) is 0.136. The summed E-state index contributed by atoms with van der Waals surface area (Å²) < 4.78 is 24.2. The number of benzene rings is 2. The normalized spacial score (nSPS) is 16.2. The van der Waals surface area contributed by atoms with Gasteiger partial charge in [-0.15, -0.1) is 24.0 Å². The molecule has 1 aliphatic rings. The number of ether oxygens (including phenoxy) is 2. The number of hydrogen-bond acceptors (Lipinski definition) is 4. The molecule has 8 heteroatoms. The summed E-state index contributed by atoms with van der Waals surface area (Å²) in [7, 11) is 0. The number of hydrogen-bond donors (Lipinski definition) is 3. The van der Waals surface area contributed by atoms with E-state index in [4.69, 9.17) is 9.47 Å². The Bertz CT molecular complexity index is 764. The average Bonchev–Trinajstić information content (AvgIpc) is 3.12. The highest BCUT2D eigenvalue weighted by atomic mass is 127. The Morgan fingerprint density at radius 3 is 2.72 bits per heavy atom. The molecule has 0 aromatic heterocycles. The lowest BCUT2D eigenvalue weighted by molar-refractivity contribution is 0.114. The van der Waals surface area contributed by atoms with Crippen molar-refractivity contribution in [3.63, 3.8) is 0 Å². The molecule has 0 saturated carbocycles. The van der Waals surface area contributed by atoms with Crippen LogP contribution in [0.15, 0.2) is 53.5 Å². The van der Waals surface area contributed by atoms with Crippen molar-refractivity contribution in [2.45, 2.75) is 25.6 Å². The molecule has 6 nitrogen and oxygen atoms in total. The summed E-state index contributed by atoms with van der Waals surface area (Å²) in [5.41, 5.74) is 1.21. The maximum atomic E-state index is 12.9. The van der Waals surface area contributed by atoms with E-state index >= 15 is 0 Å². The van der Waals surface area contributed by atoms with Crippen molar-refractivity contribution in [2.75, 3.05) is 26.2 Å². The van der Waals surface area contributed by atoms with E-state index in [1.165, 1.54) is 29.8 Å². The second kappa shape index (κ2) is 11.8. The largest absolute Gasteiger partial charge is 0.491 e. The zero-order valence-electron chi connectivity index (χ0n) is 16.3. The Kier molecular flexibility index (Phi) is 9.46. The lowest BCUT2D eigenvalue weighted by atomic mass is 10.1. The van der Waals surface area contributed by atoms with Gasteiger partial charge in [-0.05, 0) is 42.8 Å². The van der Waals surface area contributed by atoms with E-state index in [1.807, 2.05) is 25.1 Å². The number of nitrogens with one attached hydrogen (secondary N) is 2. The standard InChI is InChI=1S/C21H26FN3O3.HI/c1-2-23-21(25-13-19-11-15-5-3-4-6-20(15)28-19)24-12-17(26)14-27-18-9-7-16(22)8-10-18;/h3-10,17,19,26H,2,11-14H2,1H3,(H2,23,24,25);1H. The van der Waals surface area contributed by atoms with Crippen molar-refractivity contribution >= 4 is 29.9 Å². The van der Waals surface area contributed by atoms with Gasteiger partial charge in [0.15, 0.2) is 5.96 Å². The fourth-order valence-electron chi connectivity index (χ4n) is 2.89. The van der Waals surface area contributed by atoms with Crippen LogP contribution in [0.25, 0.3) is 0 Å². The molecule has 0 aliphatic carbocycles. The zero-order chi connectivity index (χ0) is 19.8. The fourth-order valence-corrected chi connectivity index (χ4v) is 2.89. The van der Waals surface area contributed by atoms with E-state index in [0.29, 0.717) is 24.8 Å². The number of rotatable bonds is 8. The number of halogens is 2. The second-order valence-electron chi connectivity index (χ2n) is 6.57. The minimum Gasteiger partial charge on any atom is -0.491 e. The van der Waals surface area contributed by atoms with Crippen molar-refractivity contribution in [3.8, 4) is 11.5 Å². The molecule has 2 aromatic carbocycles. The lowest BCUT2D eigenvalue weighted by Gasteiger charge is -2.16. The first-order valence-corrected chi connectivity index (χ1v) is 9.47. The maximum Gasteiger partial charge on any atom is 0.191 e. The van der Waals surface area contributed by atoms with Crippen molar-refractivity contribution < 1.29 is 19.0 Å². The van der Waals surface area contributed by atoms with E-state index in [1.54, 1.807) is 0 Å². The van der Waals surface area contributed by atoms with Crippen LogP contribution >= 0.6 is 24.0 Å². The van der Waals surface area contributed by atoms with E-state index in [9.17, 15) is 9.50 Å². The molecule has 1 aliphatic heterocycles. The van der Waals surface area contributed by atoms with Crippen LogP contribution in [0.5, 0.6) is 11.5 Å². The molecule has 0 radical (unpaired) electrons. The third-order valence-corrected chi connectivity index (χ3v) is 4.27. The molecule has 29 heavy (non-hydrogen) atoms. The first-order chi connectivity index (χ1) is 13.6. The molecule has 0 fully saturated rings. The van der Waals surface area contributed by atoms with Gasteiger partial charge in [0.25, 0.3) is 0 Å². The molecule has 2 atom stereocenters. The summed E-state index contributed by atoms with van der Waals surface area (Å²) in [5, 5.41) is 16.5. The highest BCUT2D eigenvalue weighted by Crippen LogP contribution is 2.27. The highest BCUT2D eigenvalue weighted by molar-refractivity contribution is 14.0. The van der Waals surface area contributed by atoms with Crippen molar-refractivity contribution in [3.05, 3.63) is 59.9 Å². The SMILES string of the molecule is CCNC(=NCC(O)COc1ccc(F)cc1)NCC1Cc2ccccc2O1.I. The predicted molar refractivity (Wildman–Crippen MR) is 122 cm³/mol. The summed E-state index contributed by atoms with van der Waals surface area (Å²) >= 11 is 0. The highest BCUT2D eigenvalue weighted by Gasteiger charge is 2.22. The molecule has 2 unspecified atom stereocenters. The summed E-state index contributed by atoms with van der Waals surface area (Å²) in [5.74, 6) is 1.73. The molecule has 158 valence electrons. The smallest absolute Gasteiger partial charge is 0.191 e. The molecule has 1 heterocycles. The Morgan fingerprint density at radius 2 is 2.00 bits per heavy atom. The van der Waals surface area contributed by atoms with Crippen LogP contribution in [0.3, 0.4) is 0 Å². The number of guanidine groups is 1. The Balaban J connectivity index is 0.00000300. The second-order valence-corrected chi connectivity index (χ2v) is 6.57. The van der Waals surface area contributed by atoms with Crippen LogP contribution < -0.4 is 20.1 Å². The molecule has 0 amide bonds. The third kappa shape index (κ3) is 7.36. The molecule has 2 aromatic rings. The average molecular weight is 515 g/mol. The van der Waals surface area contributed by atoms with Crippen LogP contribution in [-0.4, -0.2) is 49.5 Å². The fraction of sp³-hybridized carbons (Fsp3) is 0.381. The first-order valence-electron chi connectivity index (χ1n) is 9.47. The van der Waals surface area contributed by atoms with Gasteiger partial charge in [-0.3, -0.25) is 4.99 Å². The molecule has 3 N–H and O–H groups in total. The first kappa shape index (κ1) is 23.2. The van der Waals surface area contributed by atoms with Gasteiger partial charge in [-0.25, -0.2) is 4.39 Å². The van der Waals surface area contributed by atoms with E-state index < -0.39 is 6.10 Å². The van der Waals surface area contributed by atoms with Gasteiger partial charge in [-0.2, -0.15) is 0 Å². The van der Waals surface area contributed by atoms with Gasteiger partial charge >= 0.3 is 0 Å². The third-order valence-electron chi connectivity index (χ3n) is 4.27. The van der Waals surface area contributed by atoms with Crippen LogP contribution in [0.4, 0.5) is 4.39 Å². The summed E-state index contributed by atoms with van der Waals surface area (Å²) in [4.78, 5) is 4.40. The monoisotopic (exact) mass is 515 g/mol. The molecule has 0 bridgehead atoms. The van der Waals surface area contributed by atoms with Gasteiger partial charge in [0.05, 0.1) is 13.1 Å². The minimum atomic E-state index is -0.771. The number of aliphatic imine (C=N–C) groups is 1. The Morgan fingerprint density at radius 1 is 1.24 bits per heavy atom. The number of aliphatic hydroxyl groups excluding tert-OH is 1. The topological polar surface area (TPSA) is 75.1 Å². The number of nitrogens with zero attached hydrogens (tertiary/aromatic N) is 1.